The number of benzene rings is 1. The van der Waals surface area contributed by atoms with Crippen LogP contribution in [0.25, 0.3) is 0 Å². The van der Waals surface area contributed by atoms with Crippen molar-refractivity contribution >= 4 is 34.7 Å². The molecule has 0 unspecified atom stereocenters. The highest BCUT2D eigenvalue weighted by Crippen LogP contribution is 2.16. The number of hydrogen-bond donors (Lipinski definition) is 1. The van der Waals surface area contributed by atoms with Gasteiger partial charge in [-0.05, 0) is 25.1 Å². The monoisotopic (exact) mass is 286 g/mol. The third-order valence-corrected chi connectivity index (χ3v) is 2.60. The average Bonchev–Trinajstić information content (AvgIpc) is 2.33. The van der Waals surface area contributed by atoms with Gasteiger partial charge in [0.15, 0.2) is 6.61 Å². The smallest absolute Gasteiger partial charge is 0.260 e. The Labute approximate surface area is 117 Å². The highest BCUT2D eigenvalue weighted by atomic mass is 35.5. The first-order valence-corrected chi connectivity index (χ1v) is 6.26. The lowest BCUT2D eigenvalue weighted by Gasteiger charge is -2.20. The fraction of sp³-hybridized carbons (Fsp3) is 0.333. The summed E-state index contributed by atoms with van der Waals surface area (Å²) in [4.78, 5) is 13.6. The predicted molar refractivity (Wildman–Crippen MR) is 76.0 cm³/mol. The van der Waals surface area contributed by atoms with Crippen LogP contribution in [0.4, 0.5) is 0 Å². The lowest BCUT2D eigenvalue weighted by molar-refractivity contribution is -0.132. The first-order chi connectivity index (χ1) is 8.52. The number of hydrogen-bond acceptors (Lipinski definition) is 3. The molecule has 0 atom stereocenters. The molecule has 4 nitrogen and oxygen atoms in total. The minimum absolute atomic E-state index is 0.0587. The lowest BCUT2D eigenvalue weighted by Crippen LogP contribution is -2.40. The zero-order chi connectivity index (χ0) is 13.5. The number of ether oxygens (including phenoxy) is 1. The molecule has 1 aromatic carbocycles. The summed E-state index contributed by atoms with van der Waals surface area (Å²) in [6, 6.07) is 6.89. The molecule has 0 saturated carbocycles. The van der Waals surface area contributed by atoms with E-state index in [1.807, 2.05) is 6.92 Å². The molecule has 0 aromatic heterocycles. The van der Waals surface area contributed by atoms with Crippen LogP contribution in [0.3, 0.4) is 0 Å². The van der Waals surface area contributed by atoms with Crippen molar-refractivity contribution < 1.29 is 9.53 Å². The van der Waals surface area contributed by atoms with Crippen LogP contribution in [0.1, 0.15) is 6.92 Å². The highest BCUT2D eigenvalue weighted by Gasteiger charge is 2.13. The zero-order valence-corrected chi connectivity index (χ0v) is 11.6. The molecule has 1 rings (SSSR count). The van der Waals surface area contributed by atoms with Gasteiger partial charge in [-0.15, -0.1) is 0 Å². The topological polar surface area (TPSA) is 55.6 Å². The minimum Gasteiger partial charge on any atom is -0.484 e. The molecular weight excluding hydrogens is 272 g/mol. The summed E-state index contributed by atoms with van der Waals surface area (Å²) in [5, 5.41) is 0.565. The van der Waals surface area contributed by atoms with Gasteiger partial charge in [-0.3, -0.25) is 4.79 Å². The second-order valence-electron chi connectivity index (χ2n) is 3.62. The van der Waals surface area contributed by atoms with Crippen LogP contribution in [0, 0.1) is 0 Å². The highest BCUT2D eigenvalue weighted by molar-refractivity contribution is 7.80. The number of thiocarbonyl (C=S) groups is 1. The number of nitrogens with two attached hydrogens (primary N) is 1. The van der Waals surface area contributed by atoms with E-state index in [0.717, 1.165) is 0 Å². The largest absolute Gasteiger partial charge is 0.484 e. The second-order valence-corrected chi connectivity index (χ2v) is 4.58. The van der Waals surface area contributed by atoms with Gasteiger partial charge in [-0.2, -0.15) is 0 Å². The van der Waals surface area contributed by atoms with E-state index in [9.17, 15) is 4.79 Å². The van der Waals surface area contributed by atoms with E-state index in [0.29, 0.717) is 17.3 Å². The molecule has 0 aliphatic heterocycles. The number of carbonyl (C=O) groups excluding carboxylic acids is 1. The Bertz CT molecular complexity index is 440. The van der Waals surface area contributed by atoms with E-state index in [1.165, 1.54) is 4.90 Å². The number of halogens is 1. The maximum Gasteiger partial charge on any atom is 0.260 e. The number of amides is 1. The van der Waals surface area contributed by atoms with Gasteiger partial charge in [0, 0.05) is 11.6 Å². The van der Waals surface area contributed by atoms with Gasteiger partial charge < -0.3 is 15.4 Å². The molecule has 0 aliphatic carbocycles. The van der Waals surface area contributed by atoms with Crippen LogP contribution in [-0.2, 0) is 4.79 Å². The van der Waals surface area contributed by atoms with Gasteiger partial charge in [-0.1, -0.05) is 29.9 Å². The Kier molecular flexibility index (Phi) is 5.88. The molecule has 0 spiro atoms. The molecule has 0 radical (unpaired) electrons. The molecular formula is C12H15ClN2O2S. The van der Waals surface area contributed by atoms with Crippen molar-refractivity contribution in [3.8, 4) is 5.75 Å². The maximum atomic E-state index is 11.8. The quantitative estimate of drug-likeness (QED) is 0.811. The number of nitrogens with zero attached hydrogens (tertiary/aromatic N) is 1. The zero-order valence-electron chi connectivity index (χ0n) is 10.1. The summed E-state index contributed by atoms with van der Waals surface area (Å²) < 4.78 is 5.35. The molecule has 0 heterocycles. The minimum atomic E-state index is -0.162. The second kappa shape index (κ2) is 7.18. The van der Waals surface area contributed by atoms with E-state index >= 15 is 0 Å². The molecule has 1 aromatic rings. The molecule has 6 heteroatoms. The summed E-state index contributed by atoms with van der Waals surface area (Å²) in [5.41, 5.74) is 5.41. The van der Waals surface area contributed by atoms with Crippen molar-refractivity contribution in [3.05, 3.63) is 29.3 Å². The van der Waals surface area contributed by atoms with E-state index in [2.05, 4.69) is 0 Å². The molecule has 98 valence electrons. The van der Waals surface area contributed by atoms with Crippen LogP contribution >= 0.6 is 23.8 Å². The fourth-order valence-electron chi connectivity index (χ4n) is 1.36. The molecule has 2 N–H and O–H groups in total. The van der Waals surface area contributed by atoms with Crippen molar-refractivity contribution in [2.24, 2.45) is 5.73 Å². The van der Waals surface area contributed by atoms with Crippen molar-refractivity contribution in [1.29, 1.82) is 0 Å². The SMILES string of the molecule is CCN(CC(N)=S)C(=O)COc1cccc(Cl)c1. The Morgan fingerprint density at radius 1 is 1.56 bits per heavy atom. The normalized spacial score (nSPS) is 9.89. The Morgan fingerprint density at radius 3 is 2.83 bits per heavy atom. The van der Waals surface area contributed by atoms with Gasteiger partial charge in [0.1, 0.15) is 5.75 Å². The van der Waals surface area contributed by atoms with Crippen molar-refractivity contribution in [1.82, 2.24) is 4.90 Å². The Hall–Kier alpha value is -1.33. The van der Waals surface area contributed by atoms with E-state index < -0.39 is 0 Å². The Balaban J connectivity index is 2.51. The van der Waals surface area contributed by atoms with Gasteiger partial charge >= 0.3 is 0 Å². The lowest BCUT2D eigenvalue weighted by atomic mass is 10.3. The fourth-order valence-corrected chi connectivity index (χ4v) is 1.69. The predicted octanol–water partition coefficient (Wildman–Crippen LogP) is 1.85. The Morgan fingerprint density at radius 2 is 2.28 bits per heavy atom. The van der Waals surface area contributed by atoms with Crippen molar-refractivity contribution in [3.63, 3.8) is 0 Å². The van der Waals surface area contributed by atoms with Crippen LogP contribution in [0.5, 0.6) is 5.75 Å². The first-order valence-electron chi connectivity index (χ1n) is 5.47. The molecule has 0 fully saturated rings. The number of likely N-dealkylation sites (N-methyl/N-ethyl adjacent to an activating group) is 1. The first kappa shape index (κ1) is 14.7. The van der Waals surface area contributed by atoms with E-state index in [-0.39, 0.29) is 24.0 Å². The summed E-state index contributed by atoms with van der Waals surface area (Å²) >= 11 is 10.6. The van der Waals surface area contributed by atoms with Crippen molar-refractivity contribution in [2.75, 3.05) is 19.7 Å². The third-order valence-electron chi connectivity index (χ3n) is 2.24. The van der Waals surface area contributed by atoms with E-state index in [1.54, 1.807) is 24.3 Å². The third kappa shape index (κ3) is 4.89. The number of carbonyl (C=O) groups is 1. The molecule has 0 aliphatic rings. The van der Waals surface area contributed by atoms with Crippen molar-refractivity contribution in [2.45, 2.75) is 6.92 Å². The molecule has 18 heavy (non-hydrogen) atoms. The van der Waals surface area contributed by atoms with Gasteiger partial charge in [-0.25, -0.2) is 0 Å². The van der Waals surface area contributed by atoms with Crippen LogP contribution in [0.2, 0.25) is 5.02 Å². The maximum absolute atomic E-state index is 11.8. The summed E-state index contributed by atoms with van der Waals surface area (Å²) in [6.07, 6.45) is 0. The summed E-state index contributed by atoms with van der Waals surface area (Å²) in [5.74, 6) is 0.396. The van der Waals surface area contributed by atoms with Crippen LogP contribution < -0.4 is 10.5 Å². The average molecular weight is 287 g/mol. The van der Waals surface area contributed by atoms with Gasteiger partial charge in [0.2, 0.25) is 0 Å². The number of rotatable bonds is 6. The van der Waals surface area contributed by atoms with Gasteiger partial charge in [0.05, 0.1) is 11.5 Å². The standard InChI is InChI=1S/C12H15ClN2O2S/c1-2-15(7-11(14)18)12(16)8-17-10-5-3-4-9(13)6-10/h3-6H,2,7-8H2,1H3,(H2,14,18). The molecule has 0 saturated heterocycles. The molecule has 1 amide bonds. The van der Waals surface area contributed by atoms with Gasteiger partial charge in [0.25, 0.3) is 5.91 Å². The van der Waals surface area contributed by atoms with E-state index in [4.69, 9.17) is 34.3 Å². The van der Waals surface area contributed by atoms with Crippen LogP contribution in [0.15, 0.2) is 24.3 Å². The molecule has 0 bridgehead atoms. The summed E-state index contributed by atoms with van der Waals surface area (Å²) in [7, 11) is 0. The summed E-state index contributed by atoms with van der Waals surface area (Å²) in [6.45, 7) is 2.60. The van der Waals surface area contributed by atoms with Crippen LogP contribution in [-0.4, -0.2) is 35.5 Å².